The Morgan fingerprint density at radius 3 is 2.17 bits per heavy atom. The van der Waals surface area contributed by atoms with E-state index < -0.39 is 6.04 Å². The number of rotatable bonds is 18. The molecule has 0 saturated carbocycles. The average Bonchev–Trinajstić information content (AvgIpc) is 2.77. The van der Waals surface area contributed by atoms with Crippen molar-refractivity contribution >= 4 is 42.1 Å². The Hall–Kier alpha value is -1.90. The van der Waals surface area contributed by atoms with Gasteiger partial charge in [-0.1, -0.05) is 41.0 Å². The minimum Gasteiger partial charge on any atom is -0.348 e. The summed E-state index contributed by atoms with van der Waals surface area (Å²) >= 11 is 1.55. The molecule has 0 rings (SSSR count). The van der Waals surface area contributed by atoms with Crippen LogP contribution in [-0.4, -0.2) is 84.3 Å². The van der Waals surface area contributed by atoms with Gasteiger partial charge in [0, 0.05) is 33.5 Å². The van der Waals surface area contributed by atoms with Gasteiger partial charge in [0.05, 0.1) is 11.8 Å². The molecule has 0 saturated heterocycles. The fraction of sp³-hybridized carbons (Fsp3) is 0.808. The van der Waals surface area contributed by atoms with Gasteiger partial charge in [0.2, 0.25) is 17.7 Å². The van der Waals surface area contributed by atoms with Crippen molar-refractivity contribution in [1.82, 2.24) is 15.1 Å². The Bertz CT molecular complexity index is 678. The average molecular weight is 514 g/mol. The van der Waals surface area contributed by atoms with E-state index in [-0.39, 0.29) is 47.3 Å². The fourth-order valence-electron chi connectivity index (χ4n) is 3.74. The number of nitrogens with zero attached hydrogens (tertiary/aromatic N) is 2. The molecule has 2 atom stereocenters. The molecule has 35 heavy (non-hydrogen) atoms. The Balaban J connectivity index is 4.32. The molecular weight excluding hydrogens is 466 g/mol. The van der Waals surface area contributed by atoms with Crippen LogP contribution in [-0.2, 0) is 24.0 Å². The number of hydrogen-bond donors (Lipinski definition) is 1. The Morgan fingerprint density at radius 1 is 0.971 bits per heavy atom. The zero-order valence-corrected chi connectivity index (χ0v) is 23.6. The van der Waals surface area contributed by atoms with Gasteiger partial charge in [0.1, 0.15) is 18.6 Å². The maximum Gasteiger partial charge on any atom is 0.243 e. The normalized spacial score (nSPS) is 13.1. The van der Waals surface area contributed by atoms with Gasteiger partial charge in [0.15, 0.2) is 0 Å². The lowest BCUT2D eigenvalue weighted by Gasteiger charge is -2.30. The molecule has 1 N–H and O–H groups in total. The van der Waals surface area contributed by atoms with Crippen molar-refractivity contribution in [2.24, 2.45) is 11.3 Å². The highest BCUT2D eigenvalue weighted by Crippen LogP contribution is 2.24. The first-order valence-electron chi connectivity index (χ1n) is 12.6. The number of thioether (sulfide) groups is 1. The summed E-state index contributed by atoms with van der Waals surface area (Å²) in [4.78, 5) is 62.4. The second-order valence-electron chi connectivity index (χ2n) is 10.6. The molecular formula is C26H47N3O5S. The van der Waals surface area contributed by atoms with Gasteiger partial charge in [-0.05, 0) is 42.8 Å². The second kappa shape index (κ2) is 17.5. The smallest absolute Gasteiger partial charge is 0.243 e. The SMILES string of the molecule is CC(C)C(C(=O)NCC=O)N(C)C(=O)CCCCCN(C)C(=O)CC(C=O)SCCCC(C)(C)C. The first-order chi connectivity index (χ1) is 16.3. The third-order valence-corrected chi connectivity index (χ3v) is 7.04. The molecule has 0 aliphatic carbocycles. The van der Waals surface area contributed by atoms with Gasteiger partial charge in [-0.15, -0.1) is 0 Å². The van der Waals surface area contributed by atoms with E-state index in [1.165, 1.54) is 4.90 Å². The van der Waals surface area contributed by atoms with Crippen LogP contribution in [0.3, 0.4) is 0 Å². The van der Waals surface area contributed by atoms with Gasteiger partial charge < -0.3 is 24.7 Å². The quantitative estimate of drug-likeness (QED) is 0.223. The van der Waals surface area contributed by atoms with E-state index in [0.29, 0.717) is 25.7 Å². The van der Waals surface area contributed by atoms with Crippen molar-refractivity contribution < 1.29 is 24.0 Å². The van der Waals surface area contributed by atoms with E-state index in [2.05, 4.69) is 26.1 Å². The maximum atomic E-state index is 12.6. The summed E-state index contributed by atoms with van der Waals surface area (Å²) in [5, 5.41) is 2.22. The summed E-state index contributed by atoms with van der Waals surface area (Å²) in [6.07, 6.45) is 6.33. The molecule has 9 heteroatoms. The molecule has 0 aromatic rings. The summed E-state index contributed by atoms with van der Waals surface area (Å²) in [7, 11) is 3.36. The summed E-state index contributed by atoms with van der Waals surface area (Å²) in [6, 6.07) is -0.622. The third kappa shape index (κ3) is 15.0. The fourth-order valence-corrected chi connectivity index (χ4v) is 4.70. The molecule has 3 amide bonds. The molecule has 0 heterocycles. The van der Waals surface area contributed by atoms with Crippen molar-refractivity contribution in [3.63, 3.8) is 0 Å². The molecule has 202 valence electrons. The number of hydrogen-bond acceptors (Lipinski definition) is 6. The molecule has 8 nitrogen and oxygen atoms in total. The summed E-state index contributed by atoms with van der Waals surface area (Å²) < 4.78 is 0. The van der Waals surface area contributed by atoms with E-state index >= 15 is 0 Å². The number of likely N-dealkylation sites (N-methyl/N-ethyl adjacent to an activating group) is 1. The first kappa shape index (κ1) is 33.1. The van der Waals surface area contributed by atoms with Crippen LogP contribution < -0.4 is 5.32 Å². The lowest BCUT2D eigenvalue weighted by Crippen LogP contribution is -2.50. The third-order valence-electron chi connectivity index (χ3n) is 5.81. The van der Waals surface area contributed by atoms with Crippen molar-refractivity contribution in [3.8, 4) is 0 Å². The number of carbonyl (C=O) groups is 5. The topological polar surface area (TPSA) is 104 Å². The number of unbranched alkanes of at least 4 members (excludes halogenated alkanes) is 2. The van der Waals surface area contributed by atoms with Gasteiger partial charge in [-0.3, -0.25) is 14.4 Å². The standard InChI is InChI=1S/C26H47N3O5S/c1-20(2)24(25(34)27-14-16-30)29(7)22(32)12-9-8-10-15-28(6)23(33)18-21(19-31)35-17-11-13-26(3,4)5/h16,19-21,24H,8-15,17-18H2,1-7H3,(H,27,34). The van der Waals surface area contributed by atoms with Crippen LogP contribution in [0.25, 0.3) is 0 Å². The van der Waals surface area contributed by atoms with Gasteiger partial charge in [0.25, 0.3) is 0 Å². The second-order valence-corrected chi connectivity index (χ2v) is 12.0. The van der Waals surface area contributed by atoms with Crippen LogP contribution >= 0.6 is 11.8 Å². The highest BCUT2D eigenvalue weighted by Gasteiger charge is 2.29. The molecule has 0 bridgehead atoms. The largest absolute Gasteiger partial charge is 0.348 e. The summed E-state index contributed by atoms with van der Waals surface area (Å²) in [5.74, 6) is 0.302. The van der Waals surface area contributed by atoms with Gasteiger partial charge >= 0.3 is 0 Å². The molecule has 2 unspecified atom stereocenters. The minimum absolute atomic E-state index is 0.0395. The van der Waals surface area contributed by atoms with Crippen LogP contribution in [0.15, 0.2) is 0 Å². The molecule has 0 aliphatic rings. The minimum atomic E-state index is -0.622. The van der Waals surface area contributed by atoms with Crippen molar-refractivity contribution in [3.05, 3.63) is 0 Å². The van der Waals surface area contributed by atoms with E-state index in [9.17, 15) is 24.0 Å². The molecule has 0 aliphatic heterocycles. The number of carbonyl (C=O) groups excluding carboxylic acids is 5. The number of nitrogens with one attached hydrogen (secondary N) is 1. The lowest BCUT2D eigenvalue weighted by atomic mass is 9.91. The van der Waals surface area contributed by atoms with E-state index in [1.54, 1.807) is 30.8 Å². The predicted octanol–water partition coefficient (Wildman–Crippen LogP) is 3.32. The van der Waals surface area contributed by atoms with Crippen LogP contribution in [0.2, 0.25) is 0 Å². The Morgan fingerprint density at radius 2 is 1.63 bits per heavy atom. The molecule has 0 fully saturated rings. The first-order valence-corrected chi connectivity index (χ1v) is 13.7. The predicted molar refractivity (Wildman–Crippen MR) is 142 cm³/mol. The van der Waals surface area contributed by atoms with Crippen molar-refractivity contribution in [1.29, 1.82) is 0 Å². The van der Waals surface area contributed by atoms with Crippen LogP contribution in [0.1, 0.15) is 79.6 Å². The highest BCUT2D eigenvalue weighted by atomic mass is 32.2. The summed E-state index contributed by atoms with van der Waals surface area (Å²) in [5.41, 5.74) is 0.273. The molecule has 0 spiro atoms. The van der Waals surface area contributed by atoms with E-state index in [1.807, 2.05) is 13.8 Å². The lowest BCUT2D eigenvalue weighted by molar-refractivity contribution is -0.140. The van der Waals surface area contributed by atoms with Crippen molar-refractivity contribution in [2.45, 2.75) is 90.9 Å². The highest BCUT2D eigenvalue weighted by molar-refractivity contribution is 8.00. The zero-order chi connectivity index (χ0) is 27.0. The Labute approximate surface area is 216 Å². The van der Waals surface area contributed by atoms with Crippen LogP contribution in [0, 0.1) is 11.3 Å². The van der Waals surface area contributed by atoms with Crippen molar-refractivity contribution in [2.75, 3.05) is 32.9 Å². The Kier molecular flexibility index (Phi) is 16.6. The number of aldehydes is 2. The van der Waals surface area contributed by atoms with Gasteiger partial charge in [-0.2, -0.15) is 11.8 Å². The number of amides is 3. The molecule has 0 aromatic heterocycles. The maximum absolute atomic E-state index is 12.6. The van der Waals surface area contributed by atoms with E-state index in [0.717, 1.165) is 37.7 Å². The molecule has 0 aromatic carbocycles. The zero-order valence-electron chi connectivity index (χ0n) is 22.8. The van der Waals surface area contributed by atoms with E-state index in [4.69, 9.17) is 0 Å². The van der Waals surface area contributed by atoms with Gasteiger partial charge in [-0.25, -0.2) is 0 Å². The van der Waals surface area contributed by atoms with Crippen LogP contribution in [0.5, 0.6) is 0 Å². The summed E-state index contributed by atoms with van der Waals surface area (Å²) in [6.45, 7) is 10.8. The van der Waals surface area contributed by atoms with Crippen LogP contribution in [0.4, 0.5) is 0 Å². The monoisotopic (exact) mass is 513 g/mol. The molecule has 0 radical (unpaired) electrons.